The highest BCUT2D eigenvalue weighted by Gasteiger charge is 2.03. The van der Waals surface area contributed by atoms with E-state index < -0.39 is 5.91 Å². The number of nitrogens with one attached hydrogen (secondary N) is 1. The van der Waals surface area contributed by atoms with Gasteiger partial charge < -0.3 is 11.1 Å². The van der Waals surface area contributed by atoms with Crippen LogP contribution in [0.1, 0.15) is 22.8 Å². The number of nitrogens with two attached hydrogens (primary N) is 1. The summed E-state index contributed by atoms with van der Waals surface area (Å²) >= 11 is 0. The summed E-state index contributed by atoms with van der Waals surface area (Å²) in [5.74, 6) is -0.430. The molecule has 1 atom stereocenters. The molecule has 3 N–H and O–H groups in total. The van der Waals surface area contributed by atoms with E-state index >= 15 is 0 Å². The number of hydrogen-bond donors (Lipinski definition) is 2. The van der Waals surface area contributed by atoms with Crippen molar-refractivity contribution < 1.29 is 9.59 Å². The van der Waals surface area contributed by atoms with E-state index in [-0.39, 0.29) is 6.04 Å². The average Bonchev–Trinajstić information content (AvgIpc) is 2.18. The molecule has 0 radical (unpaired) electrons. The predicted octanol–water partition coefficient (Wildman–Crippen LogP) is 0.463. The highest BCUT2D eigenvalue weighted by molar-refractivity contribution is 5.92. The molecule has 0 saturated carbocycles. The molecule has 15 heavy (non-hydrogen) atoms. The summed E-state index contributed by atoms with van der Waals surface area (Å²) < 4.78 is 0. The van der Waals surface area contributed by atoms with Crippen LogP contribution in [0.4, 0.5) is 0 Å². The Bertz CT molecular complexity index is 346. The molecular formula is C11H14N2O2. The van der Waals surface area contributed by atoms with Crippen molar-refractivity contribution in [1.82, 2.24) is 5.32 Å². The molecule has 2 amide bonds. The molecule has 0 spiro atoms. The maximum Gasteiger partial charge on any atom is 0.248 e. The topological polar surface area (TPSA) is 72.2 Å². The Morgan fingerprint density at radius 3 is 2.53 bits per heavy atom. The summed E-state index contributed by atoms with van der Waals surface area (Å²) in [6.45, 7) is 1.91. The minimum absolute atomic E-state index is 0.0851. The van der Waals surface area contributed by atoms with Crippen LogP contribution in [0.15, 0.2) is 24.3 Å². The molecule has 1 aromatic rings. The maximum absolute atomic E-state index is 10.8. The number of amides is 2. The van der Waals surface area contributed by atoms with Gasteiger partial charge in [0.2, 0.25) is 12.3 Å². The smallest absolute Gasteiger partial charge is 0.248 e. The number of carbonyl (C=O) groups excluding carboxylic acids is 2. The minimum Gasteiger partial charge on any atom is -0.366 e. The van der Waals surface area contributed by atoms with Crippen molar-refractivity contribution in [2.45, 2.75) is 19.4 Å². The predicted molar refractivity (Wildman–Crippen MR) is 57.3 cm³/mol. The van der Waals surface area contributed by atoms with Gasteiger partial charge in [-0.15, -0.1) is 0 Å². The molecule has 0 aliphatic carbocycles. The molecule has 0 bridgehead atoms. The fraction of sp³-hybridized carbons (Fsp3) is 0.273. The van der Waals surface area contributed by atoms with Gasteiger partial charge in [0.15, 0.2) is 0 Å². The normalized spacial score (nSPS) is 11.8. The zero-order chi connectivity index (χ0) is 11.3. The van der Waals surface area contributed by atoms with E-state index in [2.05, 4.69) is 5.32 Å². The highest BCUT2D eigenvalue weighted by Crippen LogP contribution is 2.06. The molecule has 0 heterocycles. The van der Waals surface area contributed by atoms with Crippen molar-refractivity contribution in [3.8, 4) is 0 Å². The third kappa shape index (κ3) is 3.42. The summed E-state index contributed by atoms with van der Waals surface area (Å²) in [4.78, 5) is 21.0. The Labute approximate surface area is 88.5 Å². The average molecular weight is 206 g/mol. The van der Waals surface area contributed by atoms with Crippen LogP contribution in [0, 0.1) is 0 Å². The molecule has 0 aliphatic heterocycles. The SMILES string of the molecule is CC(Cc1ccc(C(N)=O)cc1)NC=O. The zero-order valence-electron chi connectivity index (χ0n) is 8.57. The van der Waals surface area contributed by atoms with Crippen LogP contribution in [0.25, 0.3) is 0 Å². The lowest BCUT2D eigenvalue weighted by atomic mass is 10.1. The maximum atomic E-state index is 10.8. The first-order valence-electron chi connectivity index (χ1n) is 4.72. The first-order valence-corrected chi connectivity index (χ1v) is 4.72. The Kier molecular flexibility index (Phi) is 3.85. The minimum atomic E-state index is -0.430. The Hall–Kier alpha value is -1.84. The van der Waals surface area contributed by atoms with E-state index in [4.69, 9.17) is 5.73 Å². The molecule has 0 fully saturated rings. The highest BCUT2D eigenvalue weighted by atomic mass is 16.1. The van der Waals surface area contributed by atoms with Crippen molar-refractivity contribution in [2.75, 3.05) is 0 Å². The van der Waals surface area contributed by atoms with Crippen molar-refractivity contribution >= 4 is 12.3 Å². The van der Waals surface area contributed by atoms with Gasteiger partial charge in [-0.3, -0.25) is 9.59 Å². The molecule has 0 saturated heterocycles. The lowest BCUT2D eigenvalue weighted by Gasteiger charge is -2.09. The molecule has 0 aliphatic rings. The van der Waals surface area contributed by atoms with Gasteiger partial charge in [-0.1, -0.05) is 12.1 Å². The third-order valence-electron chi connectivity index (χ3n) is 2.13. The molecule has 0 aromatic heterocycles. The Morgan fingerprint density at radius 1 is 1.47 bits per heavy atom. The summed E-state index contributed by atoms with van der Waals surface area (Å²) in [5.41, 5.74) is 6.67. The second-order valence-corrected chi connectivity index (χ2v) is 3.45. The van der Waals surface area contributed by atoms with E-state index in [1.807, 2.05) is 19.1 Å². The van der Waals surface area contributed by atoms with E-state index in [9.17, 15) is 9.59 Å². The molecule has 1 unspecified atom stereocenters. The fourth-order valence-corrected chi connectivity index (χ4v) is 1.33. The van der Waals surface area contributed by atoms with Gasteiger partial charge in [0, 0.05) is 11.6 Å². The fourth-order valence-electron chi connectivity index (χ4n) is 1.33. The number of rotatable bonds is 5. The monoisotopic (exact) mass is 206 g/mol. The van der Waals surface area contributed by atoms with E-state index in [1.165, 1.54) is 0 Å². The second kappa shape index (κ2) is 5.14. The third-order valence-corrected chi connectivity index (χ3v) is 2.13. The van der Waals surface area contributed by atoms with Crippen molar-refractivity contribution in [2.24, 2.45) is 5.73 Å². The van der Waals surface area contributed by atoms with Crippen LogP contribution >= 0.6 is 0 Å². The summed E-state index contributed by atoms with van der Waals surface area (Å²) in [5, 5.41) is 2.66. The van der Waals surface area contributed by atoms with Gasteiger partial charge in [0.1, 0.15) is 0 Å². The lowest BCUT2D eigenvalue weighted by molar-refractivity contribution is -0.110. The summed E-state index contributed by atoms with van der Waals surface area (Å²) in [7, 11) is 0. The van der Waals surface area contributed by atoms with Crippen LogP contribution < -0.4 is 11.1 Å². The summed E-state index contributed by atoms with van der Waals surface area (Å²) in [6, 6.07) is 7.13. The van der Waals surface area contributed by atoms with E-state index in [0.29, 0.717) is 12.0 Å². The molecule has 1 aromatic carbocycles. The molecule has 80 valence electrons. The quantitative estimate of drug-likeness (QED) is 0.687. The van der Waals surface area contributed by atoms with E-state index in [0.717, 1.165) is 12.0 Å². The number of carbonyl (C=O) groups is 2. The van der Waals surface area contributed by atoms with Crippen LogP contribution in [0.3, 0.4) is 0 Å². The standard InChI is InChI=1S/C11H14N2O2/c1-8(13-7-14)6-9-2-4-10(5-3-9)11(12)15/h2-5,7-8H,6H2,1H3,(H2,12,15)(H,13,14). The van der Waals surface area contributed by atoms with Crippen LogP contribution in [0.2, 0.25) is 0 Å². The molecular weight excluding hydrogens is 192 g/mol. The van der Waals surface area contributed by atoms with Crippen molar-refractivity contribution in [3.63, 3.8) is 0 Å². The van der Waals surface area contributed by atoms with Crippen LogP contribution in [-0.2, 0) is 11.2 Å². The Balaban J connectivity index is 2.64. The largest absolute Gasteiger partial charge is 0.366 e. The zero-order valence-corrected chi connectivity index (χ0v) is 8.57. The molecule has 4 nitrogen and oxygen atoms in total. The first kappa shape index (κ1) is 11.2. The van der Waals surface area contributed by atoms with Gasteiger partial charge in [0.05, 0.1) is 0 Å². The van der Waals surface area contributed by atoms with Crippen molar-refractivity contribution in [1.29, 1.82) is 0 Å². The Morgan fingerprint density at radius 2 is 2.07 bits per heavy atom. The summed E-state index contributed by atoms with van der Waals surface area (Å²) in [6.07, 6.45) is 1.42. The number of hydrogen-bond acceptors (Lipinski definition) is 2. The molecule has 1 rings (SSSR count). The van der Waals surface area contributed by atoms with Gasteiger partial charge in [-0.05, 0) is 31.0 Å². The van der Waals surface area contributed by atoms with Gasteiger partial charge in [-0.2, -0.15) is 0 Å². The number of primary amides is 1. The van der Waals surface area contributed by atoms with Crippen molar-refractivity contribution in [3.05, 3.63) is 35.4 Å². The second-order valence-electron chi connectivity index (χ2n) is 3.45. The van der Waals surface area contributed by atoms with E-state index in [1.54, 1.807) is 12.1 Å². The van der Waals surface area contributed by atoms with Gasteiger partial charge in [-0.25, -0.2) is 0 Å². The van der Waals surface area contributed by atoms with Crippen LogP contribution in [-0.4, -0.2) is 18.4 Å². The first-order chi connectivity index (χ1) is 7.13. The van der Waals surface area contributed by atoms with Gasteiger partial charge >= 0.3 is 0 Å². The number of benzene rings is 1. The van der Waals surface area contributed by atoms with Gasteiger partial charge in [0.25, 0.3) is 0 Å². The molecule has 4 heteroatoms. The van der Waals surface area contributed by atoms with Crippen LogP contribution in [0.5, 0.6) is 0 Å². The lowest BCUT2D eigenvalue weighted by Crippen LogP contribution is -2.26.